The number of hydrogen-bond donors (Lipinski definition) is 0. The highest BCUT2D eigenvalue weighted by Crippen LogP contribution is 2.22. The van der Waals surface area contributed by atoms with Gasteiger partial charge in [-0.1, -0.05) is 6.07 Å². The molecule has 0 aliphatic carbocycles. The van der Waals surface area contributed by atoms with Crippen molar-refractivity contribution < 1.29 is 0 Å². The Balaban J connectivity index is 1.99. The molecule has 0 atom stereocenters. The first-order valence-electron chi connectivity index (χ1n) is 6.04. The second kappa shape index (κ2) is 3.88. The van der Waals surface area contributed by atoms with Crippen molar-refractivity contribution in [2.75, 3.05) is 0 Å². The lowest BCUT2D eigenvalue weighted by atomic mass is 10.1. The van der Waals surface area contributed by atoms with Crippen LogP contribution in [0.15, 0.2) is 61.3 Å². The van der Waals surface area contributed by atoms with Gasteiger partial charge in [0, 0.05) is 30.4 Å². The van der Waals surface area contributed by atoms with Crippen LogP contribution in [0.2, 0.25) is 0 Å². The first-order valence-corrected chi connectivity index (χ1v) is 6.04. The minimum Gasteiger partial charge on any atom is -0.298 e. The third kappa shape index (κ3) is 1.57. The minimum atomic E-state index is 0.921. The Morgan fingerprint density at radius 1 is 0.895 bits per heavy atom. The third-order valence-electron chi connectivity index (χ3n) is 3.20. The quantitative estimate of drug-likeness (QED) is 0.518. The normalized spacial score (nSPS) is 11.2. The maximum Gasteiger partial charge on any atom is 0.138 e. The molecule has 4 aromatic heterocycles. The van der Waals surface area contributed by atoms with Gasteiger partial charge in [-0.05, 0) is 29.8 Å². The molecule has 0 saturated carbocycles. The topological polar surface area (TPSA) is 43.1 Å². The summed E-state index contributed by atoms with van der Waals surface area (Å²) in [7, 11) is 0. The fourth-order valence-corrected chi connectivity index (χ4v) is 2.27. The molecule has 4 heterocycles. The van der Waals surface area contributed by atoms with E-state index < -0.39 is 0 Å². The Morgan fingerprint density at radius 2 is 1.84 bits per heavy atom. The minimum absolute atomic E-state index is 0.921. The van der Waals surface area contributed by atoms with Crippen LogP contribution in [0.4, 0.5) is 0 Å². The highest BCUT2D eigenvalue weighted by Gasteiger charge is 2.05. The maximum atomic E-state index is 4.60. The van der Waals surface area contributed by atoms with Gasteiger partial charge in [-0.3, -0.25) is 14.4 Å². The molecule has 0 unspecified atom stereocenters. The Labute approximate surface area is 109 Å². The van der Waals surface area contributed by atoms with Gasteiger partial charge in [0.2, 0.25) is 0 Å². The average molecular weight is 246 g/mol. The van der Waals surface area contributed by atoms with E-state index in [1.54, 1.807) is 12.4 Å². The zero-order valence-electron chi connectivity index (χ0n) is 10.1. The van der Waals surface area contributed by atoms with Gasteiger partial charge in [0.15, 0.2) is 0 Å². The highest BCUT2D eigenvalue weighted by atomic mass is 15.0. The summed E-state index contributed by atoms with van der Waals surface area (Å²) in [6.45, 7) is 0. The van der Waals surface area contributed by atoms with E-state index in [1.165, 1.54) is 0 Å². The van der Waals surface area contributed by atoms with Crippen LogP contribution in [0.25, 0.3) is 27.8 Å². The lowest BCUT2D eigenvalue weighted by molar-refractivity contribution is 1.21. The summed E-state index contributed by atoms with van der Waals surface area (Å²) in [6, 6.07) is 10.0. The number of aromatic nitrogens is 4. The molecule has 0 aliphatic heterocycles. The van der Waals surface area contributed by atoms with Crippen molar-refractivity contribution >= 4 is 16.7 Å². The van der Waals surface area contributed by atoms with Gasteiger partial charge < -0.3 is 0 Å². The molecular formula is C15H10N4. The molecule has 0 spiro atoms. The number of nitrogens with zero attached hydrogens (tertiary/aromatic N) is 4. The van der Waals surface area contributed by atoms with Crippen molar-refractivity contribution in [1.82, 2.24) is 19.4 Å². The summed E-state index contributed by atoms with van der Waals surface area (Å²) in [5, 5.41) is 0. The van der Waals surface area contributed by atoms with Crippen LogP contribution in [0.5, 0.6) is 0 Å². The Hall–Kier alpha value is -2.75. The maximum absolute atomic E-state index is 4.60. The summed E-state index contributed by atoms with van der Waals surface area (Å²) >= 11 is 0. The summed E-state index contributed by atoms with van der Waals surface area (Å²) in [5.41, 5.74) is 5.11. The smallest absolute Gasteiger partial charge is 0.138 e. The summed E-state index contributed by atoms with van der Waals surface area (Å²) in [5.74, 6) is 0. The van der Waals surface area contributed by atoms with Crippen LogP contribution < -0.4 is 0 Å². The fraction of sp³-hybridized carbons (Fsp3) is 0. The van der Waals surface area contributed by atoms with Crippen LogP contribution >= 0.6 is 0 Å². The fourth-order valence-electron chi connectivity index (χ4n) is 2.27. The van der Waals surface area contributed by atoms with Crippen LogP contribution in [0, 0.1) is 0 Å². The molecule has 0 radical (unpaired) electrons. The van der Waals surface area contributed by atoms with Crippen LogP contribution in [-0.4, -0.2) is 19.4 Å². The molecule has 0 N–H and O–H groups in total. The van der Waals surface area contributed by atoms with E-state index in [9.17, 15) is 0 Å². The van der Waals surface area contributed by atoms with Crippen LogP contribution in [0.3, 0.4) is 0 Å². The monoisotopic (exact) mass is 246 g/mol. The second-order valence-electron chi connectivity index (χ2n) is 4.36. The highest BCUT2D eigenvalue weighted by molar-refractivity contribution is 5.81. The van der Waals surface area contributed by atoms with Crippen molar-refractivity contribution in [3.05, 3.63) is 61.3 Å². The summed E-state index contributed by atoms with van der Waals surface area (Å²) in [4.78, 5) is 12.9. The van der Waals surface area contributed by atoms with Crippen molar-refractivity contribution in [1.29, 1.82) is 0 Å². The molecule has 0 aliphatic rings. The van der Waals surface area contributed by atoms with E-state index in [0.717, 1.165) is 27.8 Å². The lowest BCUT2D eigenvalue weighted by Crippen LogP contribution is -1.86. The van der Waals surface area contributed by atoms with E-state index in [-0.39, 0.29) is 0 Å². The third-order valence-corrected chi connectivity index (χ3v) is 3.20. The van der Waals surface area contributed by atoms with Crippen molar-refractivity contribution in [2.45, 2.75) is 0 Å². The predicted molar refractivity (Wildman–Crippen MR) is 73.7 cm³/mol. The van der Waals surface area contributed by atoms with Gasteiger partial charge >= 0.3 is 0 Å². The van der Waals surface area contributed by atoms with Gasteiger partial charge in [-0.25, -0.2) is 4.98 Å². The van der Waals surface area contributed by atoms with Crippen LogP contribution in [-0.2, 0) is 0 Å². The largest absolute Gasteiger partial charge is 0.298 e. The molecule has 4 aromatic rings. The number of hydrogen-bond acceptors (Lipinski definition) is 3. The van der Waals surface area contributed by atoms with Crippen molar-refractivity contribution in [3.8, 4) is 11.1 Å². The number of fused-ring (bicyclic) bond motifs is 3. The molecule has 0 bridgehead atoms. The van der Waals surface area contributed by atoms with E-state index >= 15 is 0 Å². The predicted octanol–water partition coefficient (Wildman–Crippen LogP) is 2.94. The molecule has 4 heteroatoms. The molecule has 90 valence electrons. The first kappa shape index (κ1) is 10.2. The SMILES string of the molecule is c1cncc(-c2ccn3c(c2)nc2ccncc23)c1. The molecular weight excluding hydrogens is 236 g/mol. The summed E-state index contributed by atoms with van der Waals surface area (Å²) < 4.78 is 2.04. The zero-order valence-corrected chi connectivity index (χ0v) is 10.1. The Morgan fingerprint density at radius 3 is 2.74 bits per heavy atom. The van der Waals surface area contributed by atoms with E-state index in [2.05, 4.69) is 27.1 Å². The number of rotatable bonds is 1. The Bertz CT molecular complexity index is 865. The second-order valence-corrected chi connectivity index (χ2v) is 4.36. The molecule has 0 fully saturated rings. The molecule has 0 aromatic carbocycles. The van der Waals surface area contributed by atoms with Gasteiger partial charge in [0.1, 0.15) is 5.65 Å². The van der Waals surface area contributed by atoms with Crippen molar-refractivity contribution in [2.24, 2.45) is 0 Å². The number of imidazole rings is 1. The molecule has 4 nitrogen and oxygen atoms in total. The lowest BCUT2D eigenvalue weighted by Gasteiger charge is -2.01. The summed E-state index contributed by atoms with van der Waals surface area (Å²) in [6.07, 6.45) is 9.25. The molecule has 19 heavy (non-hydrogen) atoms. The van der Waals surface area contributed by atoms with Gasteiger partial charge in [-0.2, -0.15) is 0 Å². The first-order chi connectivity index (χ1) is 9.42. The molecule has 0 amide bonds. The zero-order chi connectivity index (χ0) is 12.7. The average Bonchev–Trinajstić information content (AvgIpc) is 2.86. The van der Waals surface area contributed by atoms with Gasteiger partial charge in [0.05, 0.1) is 17.2 Å². The standard InChI is InChI=1S/C15H10N4/c1-2-12(9-16-5-1)11-4-7-19-14-10-17-6-3-13(14)18-15(19)8-11/h1-10H. The van der Waals surface area contributed by atoms with Crippen LogP contribution in [0.1, 0.15) is 0 Å². The molecule has 0 saturated heterocycles. The van der Waals surface area contributed by atoms with Gasteiger partial charge in [0.25, 0.3) is 0 Å². The van der Waals surface area contributed by atoms with Gasteiger partial charge in [-0.15, -0.1) is 0 Å². The van der Waals surface area contributed by atoms with E-state index in [0.29, 0.717) is 0 Å². The number of pyridine rings is 3. The van der Waals surface area contributed by atoms with E-state index in [4.69, 9.17) is 0 Å². The van der Waals surface area contributed by atoms with E-state index in [1.807, 2.05) is 41.2 Å². The van der Waals surface area contributed by atoms with Crippen molar-refractivity contribution in [3.63, 3.8) is 0 Å². The molecule has 4 rings (SSSR count). The Kier molecular flexibility index (Phi) is 2.08.